The quantitative estimate of drug-likeness (QED) is 0.786. The average molecular weight is 294 g/mol. The molecule has 0 atom stereocenters. The van der Waals surface area contributed by atoms with Crippen LogP contribution in [0.5, 0.6) is 0 Å². The van der Waals surface area contributed by atoms with Gasteiger partial charge in [-0.3, -0.25) is 14.8 Å². The third kappa shape index (κ3) is 2.44. The summed E-state index contributed by atoms with van der Waals surface area (Å²) in [4.78, 5) is 19.0. The summed E-state index contributed by atoms with van der Waals surface area (Å²) >= 11 is 0. The third-order valence-corrected chi connectivity index (χ3v) is 4.25. The Bertz CT molecular complexity index is 864. The van der Waals surface area contributed by atoms with Gasteiger partial charge in [0.25, 0.3) is 5.56 Å². The molecule has 0 spiro atoms. The molecule has 3 aromatic rings. The number of benzene rings is 1. The van der Waals surface area contributed by atoms with E-state index in [9.17, 15) is 4.79 Å². The van der Waals surface area contributed by atoms with Gasteiger partial charge >= 0.3 is 0 Å². The molecule has 4 rings (SSSR count). The molecule has 2 aromatic heterocycles. The number of nitrogens with zero attached hydrogens (tertiary/aromatic N) is 3. The average Bonchev–Trinajstić information content (AvgIpc) is 2.88. The molecule has 5 heteroatoms. The molecule has 3 heterocycles. The van der Waals surface area contributed by atoms with Gasteiger partial charge in [-0.05, 0) is 30.5 Å². The molecule has 5 nitrogen and oxygen atoms in total. The van der Waals surface area contributed by atoms with Crippen LogP contribution in [0.2, 0.25) is 0 Å². The zero-order valence-electron chi connectivity index (χ0n) is 12.3. The SMILES string of the molecule is O=c1cc(CN2CCCc3ccccc3C2)nc2cc[nH]n12. The van der Waals surface area contributed by atoms with Gasteiger partial charge in [-0.15, -0.1) is 0 Å². The second kappa shape index (κ2) is 5.42. The van der Waals surface area contributed by atoms with E-state index in [2.05, 4.69) is 39.2 Å². The molecule has 0 saturated heterocycles. The summed E-state index contributed by atoms with van der Waals surface area (Å²) in [5, 5.41) is 2.87. The first kappa shape index (κ1) is 13.3. The van der Waals surface area contributed by atoms with Gasteiger partial charge in [0.1, 0.15) is 0 Å². The maximum atomic E-state index is 12.0. The van der Waals surface area contributed by atoms with Crippen LogP contribution in [0.4, 0.5) is 0 Å². The summed E-state index contributed by atoms with van der Waals surface area (Å²) in [6.45, 7) is 2.67. The lowest BCUT2D eigenvalue weighted by molar-refractivity contribution is 0.258. The van der Waals surface area contributed by atoms with Gasteiger partial charge in [0.2, 0.25) is 0 Å². The number of aryl methyl sites for hydroxylation is 1. The fraction of sp³-hybridized carbons (Fsp3) is 0.294. The van der Waals surface area contributed by atoms with Crippen LogP contribution < -0.4 is 5.56 Å². The van der Waals surface area contributed by atoms with Gasteiger partial charge in [-0.1, -0.05) is 24.3 Å². The molecule has 1 N–H and O–H groups in total. The predicted octanol–water partition coefficient (Wildman–Crippen LogP) is 1.97. The van der Waals surface area contributed by atoms with Gasteiger partial charge in [0, 0.05) is 31.4 Å². The number of hydrogen-bond acceptors (Lipinski definition) is 3. The molecule has 0 unspecified atom stereocenters. The topological polar surface area (TPSA) is 53.4 Å². The highest BCUT2D eigenvalue weighted by Crippen LogP contribution is 2.19. The first-order valence-corrected chi connectivity index (χ1v) is 7.65. The summed E-state index contributed by atoms with van der Waals surface area (Å²) in [5.74, 6) is 0. The monoisotopic (exact) mass is 294 g/mol. The van der Waals surface area contributed by atoms with Crippen LogP contribution in [0.15, 0.2) is 47.4 Å². The molecular formula is C17H18N4O. The lowest BCUT2D eigenvalue weighted by atomic mass is 10.0. The summed E-state index contributed by atoms with van der Waals surface area (Å²) < 4.78 is 1.46. The number of hydrogen-bond donors (Lipinski definition) is 1. The van der Waals surface area contributed by atoms with Crippen molar-refractivity contribution in [2.75, 3.05) is 6.54 Å². The molecule has 0 radical (unpaired) electrons. The van der Waals surface area contributed by atoms with Crippen LogP contribution in [-0.4, -0.2) is 26.0 Å². The first-order chi connectivity index (χ1) is 10.8. The summed E-state index contributed by atoms with van der Waals surface area (Å²) in [5.41, 5.74) is 4.29. The Morgan fingerprint density at radius 3 is 2.95 bits per heavy atom. The van der Waals surface area contributed by atoms with Crippen molar-refractivity contribution in [1.29, 1.82) is 0 Å². The van der Waals surface area contributed by atoms with Crippen LogP contribution in [0.1, 0.15) is 23.2 Å². The Morgan fingerprint density at radius 1 is 1.18 bits per heavy atom. The van der Waals surface area contributed by atoms with Crippen LogP contribution in [0.25, 0.3) is 5.65 Å². The van der Waals surface area contributed by atoms with E-state index < -0.39 is 0 Å². The van der Waals surface area contributed by atoms with Crippen molar-refractivity contribution < 1.29 is 0 Å². The molecule has 0 fully saturated rings. The van der Waals surface area contributed by atoms with Crippen LogP contribution in [-0.2, 0) is 19.5 Å². The standard InChI is InChI=1S/C17H18N4O/c22-17-10-15(19-16-7-8-18-21(16)17)12-20-9-3-6-13-4-1-2-5-14(13)11-20/h1-2,4-5,7-8,10,18H,3,6,9,11-12H2. The molecule has 1 aromatic carbocycles. The van der Waals surface area contributed by atoms with Gasteiger partial charge in [0.05, 0.1) is 5.69 Å². The van der Waals surface area contributed by atoms with E-state index in [0.717, 1.165) is 31.6 Å². The number of rotatable bonds is 2. The summed E-state index contributed by atoms with van der Waals surface area (Å²) in [7, 11) is 0. The molecule has 0 saturated carbocycles. The molecule has 1 aliphatic heterocycles. The maximum absolute atomic E-state index is 12.0. The van der Waals surface area contributed by atoms with Gasteiger partial charge < -0.3 is 0 Å². The Balaban J connectivity index is 1.61. The molecule has 22 heavy (non-hydrogen) atoms. The minimum atomic E-state index is -0.0553. The van der Waals surface area contributed by atoms with Gasteiger partial charge in [-0.2, -0.15) is 0 Å². The number of nitrogens with one attached hydrogen (secondary N) is 1. The van der Waals surface area contributed by atoms with Crippen molar-refractivity contribution in [3.63, 3.8) is 0 Å². The zero-order valence-corrected chi connectivity index (χ0v) is 12.3. The van der Waals surface area contributed by atoms with E-state index in [0.29, 0.717) is 12.2 Å². The van der Waals surface area contributed by atoms with E-state index in [1.54, 1.807) is 12.3 Å². The van der Waals surface area contributed by atoms with E-state index in [-0.39, 0.29) is 5.56 Å². The van der Waals surface area contributed by atoms with E-state index in [1.807, 2.05) is 6.07 Å². The first-order valence-electron chi connectivity index (χ1n) is 7.65. The highest BCUT2D eigenvalue weighted by atomic mass is 16.1. The lowest BCUT2D eigenvalue weighted by Crippen LogP contribution is -2.25. The lowest BCUT2D eigenvalue weighted by Gasteiger charge is -2.19. The highest BCUT2D eigenvalue weighted by molar-refractivity contribution is 5.36. The second-order valence-corrected chi connectivity index (χ2v) is 5.82. The summed E-state index contributed by atoms with van der Waals surface area (Å²) in [6, 6.07) is 12.1. The molecule has 112 valence electrons. The second-order valence-electron chi connectivity index (χ2n) is 5.82. The van der Waals surface area contributed by atoms with Gasteiger partial charge in [-0.25, -0.2) is 9.50 Å². The van der Waals surface area contributed by atoms with Crippen LogP contribution in [0, 0.1) is 0 Å². The normalized spacial score (nSPS) is 15.6. The highest BCUT2D eigenvalue weighted by Gasteiger charge is 2.15. The number of H-pyrrole nitrogens is 1. The largest absolute Gasteiger partial charge is 0.297 e. The molecule has 1 aliphatic rings. The van der Waals surface area contributed by atoms with E-state index in [4.69, 9.17) is 0 Å². The van der Waals surface area contributed by atoms with E-state index >= 15 is 0 Å². The van der Waals surface area contributed by atoms with Gasteiger partial charge in [0.15, 0.2) is 5.65 Å². The maximum Gasteiger partial charge on any atom is 0.272 e. The molecule has 0 aliphatic carbocycles. The van der Waals surface area contributed by atoms with Crippen LogP contribution >= 0.6 is 0 Å². The molecule has 0 amide bonds. The third-order valence-electron chi connectivity index (χ3n) is 4.25. The summed E-state index contributed by atoms with van der Waals surface area (Å²) in [6.07, 6.45) is 4.00. The smallest absolute Gasteiger partial charge is 0.272 e. The number of fused-ring (bicyclic) bond motifs is 2. The molecular weight excluding hydrogens is 276 g/mol. The van der Waals surface area contributed by atoms with E-state index in [1.165, 1.54) is 15.6 Å². The Kier molecular flexibility index (Phi) is 3.27. The van der Waals surface area contributed by atoms with Crippen molar-refractivity contribution >= 4 is 5.65 Å². The molecule has 0 bridgehead atoms. The Labute approximate surface area is 128 Å². The van der Waals surface area contributed by atoms with Crippen molar-refractivity contribution in [1.82, 2.24) is 19.5 Å². The number of aromatic amines is 1. The van der Waals surface area contributed by atoms with Crippen molar-refractivity contribution in [2.24, 2.45) is 0 Å². The van der Waals surface area contributed by atoms with Crippen molar-refractivity contribution in [3.8, 4) is 0 Å². The van der Waals surface area contributed by atoms with Crippen molar-refractivity contribution in [2.45, 2.75) is 25.9 Å². The Hall–Kier alpha value is -2.40. The fourth-order valence-electron chi connectivity index (χ4n) is 3.19. The zero-order chi connectivity index (χ0) is 14.9. The van der Waals surface area contributed by atoms with Crippen molar-refractivity contribution in [3.05, 3.63) is 69.8 Å². The number of aromatic nitrogens is 3. The minimum absolute atomic E-state index is 0.0553. The predicted molar refractivity (Wildman–Crippen MR) is 84.7 cm³/mol. The van der Waals surface area contributed by atoms with Crippen LogP contribution in [0.3, 0.4) is 0 Å². The fourth-order valence-corrected chi connectivity index (χ4v) is 3.19. The minimum Gasteiger partial charge on any atom is -0.297 e. The Morgan fingerprint density at radius 2 is 2.05 bits per heavy atom.